The SMILES string of the molecule is COc1ccc([C@H](C(=O)NC2CCCCC2)N(C(=O)C(=O)NC2CCCC2)c2cccnc2)cc1. The number of nitrogens with zero attached hydrogens (tertiary/aromatic N) is 2. The van der Waals surface area contributed by atoms with Crippen molar-refractivity contribution < 1.29 is 19.1 Å². The number of hydrogen-bond donors (Lipinski definition) is 2. The highest BCUT2D eigenvalue weighted by atomic mass is 16.5. The van der Waals surface area contributed by atoms with Crippen LogP contribution in [-0.4, -0.2) is 41.9 Å². The molecule has 4 rings (SSSR count). The maximum Gasteiger partial charge on any atom is 0.317 e. The van der Waals surface area contributed by atoms with E-state index in [4.69, 9.17) is 4.74 Å². The van der Waals surface area contributed by atoms with Crippen LogP contribution in [0.25, 0.3) is 0 Å². The van der Waals surface area contributed by atoms with Gasteiger partial charge in [-0.05, 0) is 55.5 Å². The van der Waals surface area contributed by atoms with Crippen LogP contribution in [0.4, 0.5) is 5.69 Å². The van der Waals surface area contributed by atoms with Crippen molar-refractivity contribution >= 4 is 23.4 Å². The third-order valence-electron chi connectivity index (χ3n) is 6.92. The molecule has 35 heavy (non-hydrogen) atoms. The number of carbonyl (C=O) groups is 3. The first kappa shape index (κ1) is 24.7. The van der Waals surface area contributed by atoms with Crippen molar-refractivity contribution in [2.24, 2.45) is 0 Å². The van der Waals surface area contributed by atoms with Gasteiger partial charge < -0.3 is 15.4 Å². The highest BCUT2D eigenvalue weighted by Crippen LogP contribution is 2.30. The Kier molecular flexibility index (Phi) is 8.34. The molecule has 0 unspecified atom stereocenters. The molecule has 8 nitrogen and oxygen atoms in total. The van der Waals surface area contributed by atoms with E-state index in [-0.39, 0.29) is 18.0 Å². The maximum absolute atomic E-state index is 13.8. The average Bonchev–Trinajstić information content (AvgIpc) is 3.41. The van der Waals surface area contributed by atoms with E-state index < -0.39 is 17.9 Å². The number of benzene rings is 1. The summed E-state index contributed by atoms with van der Waals surface area (Å²) in [4.78, 5) is 45.9. The van der Waals surface area contributed by atoms with Crippen molar-refractivity contribution in [2.45, 2.75) is 75.9 Å². The van der Waals surface area contributed by atoms with E-state index in [1.807, 2.05) is 0 Å². The fourth-order valence-electron chi connectivity index (χ4n) is 5.04. The zero-order valence-electron chi connectivity index (χ0n) is 20.2. The number of nitrogens with one attached hydrogen (secondary N) is 2. The van der Waals surface area contributed by atoms with Gasteiger partial charge in [0.2, 0.25) is 5.91 Å². The molecular weight excluding hydrogens is 444 g/mol. The van der Waals surface area contributed by atoms with Crippen molar-refractivity contribution in [3.8, 4) is 5.75 Å². The van der Waals surface area contributed by atoms with Gasteiger partial charge in [0.1, 0.15) is 11.8 Å². The van der Waals surface area contributed by atoms with Gasteiger partial charge in [0.15, 0.2) is 0 Å². The first-order valence-electron chi connectivity index (χ1n) is 12.5. The van der Waals surface area contributed by atoms with Crippen LogP contribution in [-0.2, 0) is 14.4 Å². The summed E-state index contributed by atoms with van der Waals surface area (Å²) in [6, 6.07) is 9.40. The number of ether oxygens (including phenoxy) is 1. The molecule has 2 fully saturated rings. The Morgan fingerprint density at radius 3 is 2.14 bits per heavy atom. The summed E-state index contributed by atoms with van der Waals surface area (Å²) in [5, 5.41) is 6.02. The quantitative estimate of drug-likeness (QED) is 0.592. The summed E-state index contributed by atoms with van der Waals surface area (Å²) in [6.07, 6.45) is 12.0. The van der Waals surface area contributed by atoms with Gasteiger partial charge in [-0.15, -0.1) is 0 Å². The molecule has 1 aromatic carbocycles. The molecule has 0 saturated heterocycles. The molecule has 2 saturated carbocycles. The first-order valence-corrected chi connectivity index (χ1v) is 12.5. The normalized spacial score (nSPS) is 17.4. The smallest absolute Gasteiger partial charge is 0.317 e. The fraction of sp³-hybridized carbons (Fsp3) is 0.481. The van der Waals surface area contributed by atoms with Crippen LogP contribution >= 0.6 is 0 Å². The van der Waals surface area contributed by atoms with Crippen LogP contribution in [0.2, 0.25) is 0 Å². The van der Waals surface area contributed by atoms with Crippen LogP contribution in [0.1, 0.15) is 69.4 Å². The second-order valence-corrected chi connectivity index (χ2v) is 9.36. The number of hydrogen-bond acceptors (Lipinski definition) is 5. The molecule has 0 radical (unpaired) electrons. The van der Waals surface area contributed by atoms with Gasteiger partial charge >= 0.3 is 11.8 Å². The molecule has 3 amide bonds. The van der Waals surface area contributed by atoms with Crippen molar-refractivity contribution in [1.29, 1.82) is 0 Å². The Bertz CT molecular complexity index is 1000. The van der Waals surface area contributed by atoms with E-state index in [0.29, 0.717) is 17.0 Å². The second-order valence-electron chi connectivity index (χ2n) is 9.36. The predicted molar refractivity (Wildman–Crippen MR) is 133 cm³/mol. The Morgan fingerprint density at radius 2 is 1.54 bits per heavy atom. The zero-order chi connectivity index (χ0) is 24.6. The zero-order valence-corrected chi connectivity index (χ0v) is 20.2. The Morgan fingerprint density at radius 1 is 0.914 bits per heavy atom. The van der Waals surface area contributed by atoms with Crippen LogP contribution in [0.15, 0.2) is 48.8 Å². The summed E-state index contributed by atoms with van der Waals surface area (Å²) in [7, 11) is 1.57. The molecule has 1 atom stereocenters. The Labute approximate surface area is 206 Å². The average molecular weight is 479 g/mol. The summed E-state index contributed by atoms with van der Waals surface area (Å²) < 4.78 is 5.28. The lowest BCUT2D eigenvalue weighted by atomic mass is 9.94. The third kappa shape index (κ3) is 6.18. The summed E-state index contributed by atoms with van der Waals surface area (Å²) in [5.74, 6) is -1.15. The summed E-state index contributed by atoms with van der Waals surface area (Å²) >= 11 is 0. The van der Waals surface area contributed by atoms with Gasteiger partial charge in [-0.3, -0.25) is 24.3 Å². The molecule has 2 aromatic rings. The second kappa shape index (κ2) is 11.8. The maximum atomic E-state index is 13.8. The van der Waals surface area contributed by atoms with Crippen molar-refractivity contribution in [1.82, 2.24) is 15.6 Å². The topological polar surface area (TPSA) is 101 Å². The Hall–Kier alpha value is -3.42. The van der Waals surface area contributed by atoms with E-state index >= 15 is 0 Å². The number of amides is 3. The Balaban J connectivity index is 1.69. The van der Waals surface area contributed by atoms with Gasteiger partial charge in [-0.25, -0.2) is 0 Å². The molecule has 2 N–H and O–H groups in total. The molecule has 2 aliphatic carbocycles. The molecule has 0 bridgehead atoms. The van der Waals surface area contributed by atoms with Crippen LogP contribution in [0.3, 0.4) is 0 Å². The monoisotopic (exact) mass is 478 g/mol. The van der Waals surface area contributed by atoms with Gasteiger partial charge in [-0.2, -0.15) is 0 Å². The van der Waals surface area contributed by atoms with Gasteiger partial charge in [-0.1, -0.05) is 44.2 Å². The van der Waals surface area contributed by atoms with E-state index in [0.717, 1.165) is 57.8 Å². The van der Waals surface area contributed by atoms with Crippen molar-refractivity contribution in [3.63, 3.8) is 0 Å². The van der Waals surface area contributed by atoms with Crippen molar-refractivity contribution in [2.75, 3.05) is 12.0 Å². The fourth-order valence-corrected chi connectivity index (χ4v) is 5.04. The summed E-state index contributed by atoms with van der Waals surface area (Å²) in [6.45, 7) is 0. The number of rotatable bonds is 7. The van der Waals surface area contributed by atoms with Gasteiger partial charge in [0.05, 0.1) is 19.0 Å². The standard InChI is InChI=1S/C27H34N4O4/c1-35-23-15-13-19(14-16-23)24(25(32)29-20-8-3-2-4-9-20)31(22-12-7-17-28-18-22)27(34)26(33)30-21-10-5-6-11-21/h7,12-18,20-21,24H,2-6,8-11H2,1H3,(H,29,32)(H,30,33)/t24-/m1/s1. The molecule has 1 heterocycles. The molecule has 2 aliphatic rings. The third-order valence-corrected chi connectivity index (χ3v) is 6.92. The number of carbonyl (C=O) groups excluding carboxylic acids is 3. The minimum Gasteiger partial charge on any atom is -0.497 e. The van der Waals surface area contributed by atoms with E-state index in [1.165, 1.54) is 11.1 Å². The molecule has 8 heteroatoms. The minimum atomic E-state index is -1.03. The largest absolute Gasteiger partial charge is 0.497 e. The number of methoxy groups -OCH3 is 1. The van der Waals surface area contributed by atoms with Crippen LogP contribution in [0.5, 0.6) is 5.75 Å². The van der Waals surface area contributed by atoms with Crippen LogP contribution in [0, 0.1) is 0 Å². The highest BCUT2D eigenvalue weighted by molar-refractivity contribution is 6.41. The number of aromatic nitrogens is 1. The molecule has 186 valence electrons. The highest BCUT2D eigenvalue weighted by Gasteiger charge is 2.37. The molecule has 0 aliphatic heterocycles. The lowest BCUT2D eigenvalue weighted by molar-refractivity contribution is -0.139. The minimum absolute atomic E-state index is 0.0160. The lowest BCUT2D eigenvalue weighted by Crippen LogP contribution is -2.52. The van der Waals surface area contributed by atoms with Gasteiger partial charge in [0.25, 0.3) is 0 Å². The van der Waals surface area contributed by atoms with E-state index in [1.54, 1.807) is 49.7 Å². The number of anilines is 1. The lowest BCUT2D eigenvalue weighted by Gasteiger charge is -2.33. The van der Waals surface area contributed by atoms with Crippen molar-refractivity contribution in [3.05, 3.63) is 54.4 Å². The first-order chi connectivity index (χ1) is 17.1. The molecular formula is C27H34N4O4. The molecule has 0 spiro atoms. The number of pyridine rings is 1. The van der Waals surface area contributed by atoms with E-state index in [2.05, 4.69) is 15.6 Å². The molecule has 1 aromatic heterocycles. The van der Waals surface area contributed by atoms with Crippen LogP contribution < -0.4 is 20.3 Å². The van der Waals surface area contributed by atoms with Gasteiger partial charge in [0, 0.05) is 18.3 Å². The predicted octanol–water partition coefficient (Wildman–Crippen LogP) is 3.67. The summed E-state index contributed by atoms with van der Waals surface area (Å²) in [5.41, 5.74) is 0.976. The van der Waals surface area contributed by atoms with E-state index in [9.17, 15) is 14.4 Å².